The summed E-state index contributed by atoms with van der Waals surface area (Å²) in [7, 11) is 0. The Kier molecular flexibility index (Phi) is 3.76. The van der Waals surface area contributed by atoms with E-state index in [2.05, 4.69) is 24.1 Å². The fourth-order valence-electron chi connectivity index (χ4n) is 1.79. The van der Waals surface area contributed by atoms with Crippen LogP contribution in [0, 0.1) is 0 Å². The summed E-state index contributed by atoms with van der Waals surface area (Å²) in [5, 5.41) is 14.9. The van der Waals surface area contributed by atoms with Gasteiger partial charge in [-0.15, -0.1) is 11.3 Å². The van der Waals surface area contributed by atoms with E-state index >= 15 is 0 Å². The van der Waals surface area contributed by atoms with Crippen LogP contribution in [0.3, 0.4) is 0 Å². The SMILES string of the molecule is CC(NC(C)c1cscn1)c1cccc(O)c1. The van der Waals surface area contributed by atoms with Gasteiger partial charge in [0.15, 0.2) is 0 Å². The minimum atomic E-state index is 0.179. The maximum Gasteiger partial charge on any atom is 0.115 e. The number of hydrogen-bond acceptors (Lipinski definition) is 4. The summed E-state index contributed by atoms with van der Waals surface area (Å²) < 4.78 is 0. The summed E-state index contributed by atoms with van der Waals surface area (Å²) in [5.41, 5.74) is 3.97. The predicted octanol–water partition coefficient (Wildman–Crippen LogP) is 3.26. The number of hydrogen-bond donors (Lipinski definition) is 2. The maximum absolute atomic E-state index is 9.44. The number of phenolic OH excluding ortho intramolecular Hbond substituents is 1. The lowest BCUT2D eigenvalue weighted by Gasteiger charge is -2.19. The van der Waals surface area contributed by atoms with Gasteiger partial charge in [-0.05, 0) is 31.5 Å². The van der Waals surface area contributed by atoms with Crippen LogP contribution in [0.15, 0.2) is 35.2 Å². The molecule has 0 spiro atoms. The van der Waals surface area contributed by atoms with E-state index < -0.39 is 0 Å². The molecule has 2 rings (SSSR count). The molecule has 2 aromatic rings. The number of aromatic hydroxyl groups is 1. The van der Waals surface area contributed by atoms with Gasteiger partial charge in [0, 0.05) is 17.5 Å². The lowest BCUT2D eigenvalue weighted by Crippen LogP contribution is -2.22. The number of benzene rings is 1. The molecule has 0 saturated carbocycles. The average molecular weight is 248 g/mol. The van der Waals surface area contributed by atoms with Crippen LogP contribution in [0.1, 0.15) is 37.2 Å². The number of aromatic nitrogens is 1. The molecule has 0 bridgehead atoms. The summed E-state index contributed by atoms with van der Waals surface area (Å²) in [6, 6.07) is 7.71. The second-order valence-electron chi connectivity index (χ2n) is 4.12. The van der Waals surface area contributed by atoms with Crippen molar-refractivity contribution in [2.45, 2.75) is 25.9 Å². The first-order valence-electron chi connectivity index (χ1n) is 5.60. The topological polar surface area (TPSA) is 45.2 Å². The number of phenols is 1. The van der Waals surface area contributed by atoms with Crippen LogP contribution in [0.25, 0.3) is 0 Å². The molecule has 0 aliphatic heterocycles. The van der Waals surface area contributed by atoms with Gasteiger partial charge in [0.25, 0.3) is 0 Å². The zero-order valence-electron chi connectivity index (χ0n) is 9.92. The van der Waals surface area contributed by atoms with Gasteiger partial charge in [0.2, 0.25) is 0 Å². The lowest BCUT2D eigenvalue weighted by molar-refractivity contribution is 0.465. The summed E-state index contributed by atoms with van der Waals surface area (Å²) in [4.78, 5) is 4.29. The molecule has 2 atom stereocenters. The van der Waals surface area contributed by atoms with Crippen LogP contribution < -0.4 is 5.32 Å². The number of rotatable bonds is 4. The molecule has 1 aromatic carbocycles. The summed E-state index contributed by atoms with van der Waals surface area (Å²) in [5.74, 6) is 0.303. The molecule has 4 heteroatoms. The normalized spacial score (nSPS) is 14.5. The molecule has 0 fully saturated rings. The average Bonchev–Trinajstić information content (AvgIpc) is 2.82. The Morgan fingerprint density at radius 1 is 1.29 bits per heavy atom. The van der Waals surface area contributed by atoms with Gasteiger partial charge >= 0.3 is 0 Å². The van der Waals surface area contributed by atoms with Crippen molar-refractivity contribution in [2.75, 3.05) is 0 Å². The first kappa shape index (κ1) is 12.1. The summed E-state index contributed by atoms with van der Waals surface area (Å²) in [6.07, 6.45) is 0. The van der Waals surface area contributed by atoms with Gasteiger partial charge in [-0.1, -0.05) is 12.1 Å². The van der Waals surface area contributed by atoms with E-state index in [9.17, 15) is 5.11 Å². The van der Waals surface area contributed by atoms with Crippen molar-refractivity contribution in [2.24, 2.45) is 0 Å². The van der Waals surface area contributed by atoms with E-state index in [0.29, 0.717) is 5.75 Å². The van der Waals surface area contributed by atoms with Gasteiger partial charge in [-0.3, -0.25) is 0 Å². The molecule has 1 aromatic heterocycles. The number of thiazole rings is 1. The van der Waals surface area contributed by atoms with E-state index in [1.54, 1.807) is 23.5 Å². The van der Waals surface area contributed by atoms with Gasteiger partial charge in [-0.2, -0.15) is 0 Å². The Bertz CT molecular complexity index is 470. The van der Waals surface area contributed by atoms with E-state index in [4.69, 9.17) is 0 Å². The van der Waals surface area contributed by atoms with Crippen molar-refractivity contribution in [1.29, 1.82) is 0 Å². The van der Waals surface area contributed by atoms with Crippen molar-refractivity contribution in [3.05, 3.63) is 46.4 Å². The first-order chi connectivity index (χ1) is 8.16. The maximum atomic E-state index is 9.44. The van der Waals surface area contributed by atoms with E-state index in [1.165, 1.54) is 0 Å². The molecular formula is C13H16N2OS. The van der Waals surface area contributed by atoms with E-state index in [0.717, 1.165) is 11.3 Å². The molecule has 0 radical (unpaired) electrons. The van der Waals surface area contributed by atoms with E-state index in [-0.39, 0.29) is 12.1 Å². The highest BCUT2D eigenvalue weighted by Gasteiger charge is 2.12. The van der Waals surface area contributed by atoms with Crippen LogP contribution in [-0.2, 0) is 0 Å². The molecule has 0 aliphatic carbocycles. The highest BCUT2D eigenvalue weighted by Crippen LogP contribution is 2.21. The van der Waals surface area contributed by atoms with Crippen molar-refractivity contribution in [3.8, 4) is 5.75 Å². The molecular weight excluding hydrogens is 232 g/mol. The predicted molar refractivity (Wildman–Crippen MR) is 70.2 cm³/mol. The smallest absolute Gasteiger partial charge is 0.115 e. The minimum absolute atomic E-state index is 0.179. The van der Waals surface area contributed by atoms with Crippen LogP contribution in [0.2, 0.25) is 0 Å². The van der Waals surface area contributed by atoms with Gasteiger partial charge in [0.05, 0.1) is 11.2 Å². The monoisotopic (exact) mass is 248 g/mol. The fraction of sp³-hybridized carbons (Fsp3) is 0.308. The van der Waals surface area contributed by atoms with Crippen molar-refractivity contribution in [3.63, 3.8) is 0 Å². The molecule has 90 valence electrons. The van der Waals surface area contributed by atoms with Crippen LogP contribution in [0.5, 0.6) is 5.75 Å². The van der Waals surface area contributed by atoms with Crippen molar-refractivity contribution >= 4 is 11.3 Å². The molecule has 1 heterocycles. The summed E-state index contributed by atoms with van der Waals surface area (Å²) in [6.45, 7) is 4.17. The quantitative estimate of drug-likeness (QED) is 0.873. The van der Waals surface area contributed by atoms with Gasteiger partial charge in [0.1, 0.15) is 5.75 Å². The molecule has 17 heavy (non-hydrogen) atoms. The van der Waals surface area contributed by atoms with Crippen LogP contribution >= 0.6 is 11.3 Å². The summed E-state index contributed by atoms with van der Waals surface area (Å²) >= 11 is 1.60. The Morgan fingerprint density at radius 2 is 2.12 bits per heavy atom. The molecule has 2 unspecified atom stereocenters. The van der Waals surface area contributed by atoms with Gasteiger partial charge in [-0.25, -0.2) is 4.98 Å². The standard InChI is InChI=1S/C13H16N2OS/c1-9(11-4-3-5-12(16)6-11)15-10(2)13-7-17-8-14-13/h3-10,15-16H,1-2H3. The lowest BCUT2D eigenvalue weighted by atomic mass is 10.1. The molecule has 0 amide bonds. The third-order valence-corrected chi connectivity index (χ3v) is 3.37. The Labute approximate surface area is 105 Å². The van der Waals surface area contributed by atoms with Crippen molar-refractivity contribution in [1.82, 2.24) is 10.3 Å². The highest BCUT2D eigenvalue weighted by molar-refractivity contribution is 7.07. The van der Waals surface area contributed by atoms with Crippen molar-refractivity contribution < 1.29 is 5.11 Å². The van der Waals surface area contributed by atoms with E-state index in [1.807, 2.05) is 23.0 Å². The largest absolute Gasteiger partial charge is 0.508 e. The Hall–Kier alpha value is -1.39. The van der Waals surface area contributed by atoms with Crippen LogP contribution in [-0.4, -0.2) is 10.1 Å². The number of nitrogens with one attached hydrogen (secondary N) is 1. The number of nitrogens with zero attached hydrogens (tertiary/aromatic N) is 1. The highest BCUT2D eigenvalue weighted by atomic mass is 32.1. The Morgan fingerprint density at radius 3 is 2.76 bits per heavy atom. The van der Waals surface area contributed by atoms with Crippen LogP contribution in [0.4, 0.5) is 0 Å². The minimum Gasteiger partial charge on any atom is -0.508 e. The fourth-order valence-corrected chi connectivity index (χ4v) is 2.43. The molecule has 0 aliphatic rings. The Balaban J connectivity index is 2.04. The molecule has 3 nitrogen and oxygen atoms in total. The van der Waals surface area contributed by atoms with Gasteiger partial charge < -0.3 is 10.4 Å². The third-order valence-electron chi connectivity index (χ3n) is 2.77. The third kappa shape index (κ3) is 3.05. The second-order valence-corrected chi connectivity index (χ2v) is 4.84. The zero-order valence-corrected chi connectivity index (χ0v) is 10.7. The first-order valence-corrected chi connectivity index (χ1v) is 6.54. The zero-order chi connectivity index (χ0) is 12.3. The second kappa shape index (κ2) is 5.29. The molecule has 2 N–H and O–H groups in total. The molecule has 0 saturated heterocycles.